The second kappa shape index (κ2) is 9.16. The lowest BCUT2D eigenvalue weighted by atomic mass is 9.89. The third-order valence-corrected chi connectivity index (χ3v) is 5.71. The van der Waals surface area contributed by atoms with Crippen LogP contribution in [0.3, 0.4) is 0 Å². The molecular weight excluding hydrogens is 374 g/mol. The maximum absolute atomic E-state index is 12.1. The van der Waals surface area contributed by atoms with E-state index in [-0.39, 0.29) is 5.97 Å². The number of carbonyl (C=O) groups excluding carboxylic acids is 1. The van der Waals surface area contributed by atoms with Gasteiger partial charge in [-0.3, -0.25) is 0 Å². The average Bonchev–Trinajstić information content (AvgIpc) is 3.29. The minimum atomic E-state index is -0.330. The summed E-state index contributed by atoms with van der Waals surface area (Å²) >= 11 is 0. The molecule has 1 unspecified atom stereocenters. The lowest BCUT2D eigenvalue weighted by Crippen LogP contribution is -2.02. The molecule has 0 saturated heterocycles. The molecule has 0 aliphatic rings. The Morgan fingerprint density at radius 1 is 1.37 bits per heavy atom. The van der Waals surface area contributed by atoms with Gasteiger partial charge in [-0.05, 0) is 55.5 Å². The molecule has 5 heteroatoms. The molecule has 5 nitrogen and oxygen atoms in total. The predicted molar refractivity (Wildman–Crippen MR) is 125 cm³/mol. The van der Waals surface area contributed by atoms with E-state index in [0.717, 1.165) is 53.1 Å². The van der Waals surface area contributed by atoms with Gasteiger partial charge in [0, 0.05) is 18.0 Å². The molecule has 0 aliphatic heterocycles. The quantitative estimate of drug-likeness (QED) is 0.446. The van der Waals surface area contributed by atoms with Crippen LogP contribution in [0.2, 0.25) is 0 Å². The van der Waals surface area contributed by atoms with Crippen molar-refractivity contribution in [1.82, 2.24) is 14.5 Å². The molecule has 1 aromatic carbocycles. The molecule has 0 fully saturated rings. The maximum atomic E-state index is 12.1. The standard InChI is InChI=1S/C25H31N3O2/c1-7-11-16(9-3)22-18-14-13-17(25(29)30-6)15-21(18)28(5)23(22)24-26-19(10-4)20(27-24)12-8-2/h8,10,12-16H,4,7,9,11H2,1-3,5-6H3,(H,26,27)/b12-8-. The Kier molecular flexibility index (Phi) is 6.60. The summed E-state index contributed by atoms with van der Waals surface area (Å²) in [6, 6.07) is 5.81. The monoisotopic (exact) mass is 405 g/mol. The van der Waals surface area contributed by atoms with Gasteiger partial charge in [-0.2, -0.15) is 0 Å². The molecule has 0 spiro atoms. The fourth-order valence-corrected chi connectivity index (χ4v) is 4.27. The summed E-state index contributed by atoms with van der Waals surface area (Å²) in [7, 11) is 3.44. The molecular formula is C25H31N3O2. The minimum Gasteiger partial charge on any atom is -0.465 e. The number of benzene rings is 1. The molecule has 2 heterocycles. The number of esters is 1. The van der Waals surface area contributed by atoms with Crippen molar-refractivity contribution in [3.05, 3.63) is 53.4 Å². The topological polar surface area (TPSA) is 59.9 Å². The van der Waals surface area contributed by atoms with Gasteiger partial charge in [-0.15, -0.1) is 0 Å². The van der Waals surface area contributed by atoms with E-state index in [4.69, 9.17) is 9.72 Å². The number of methoxy groups -OCH3 is 1. The van der Waals surface area contributed by atoms with Crippen molar-refractivity contribution in [2.24, 2.45) is 7.05 Å². The van der Waals surface area contributed by atoms with Crippen LogP contribution in [0.5, 0.6) is 0 Å². The first-order valence-corrected chi connectivity index (χ1v) is 10.6. The highest BCUT2D eigenvalue weighted by atomic mass is 16.5. The molecule has 30 heavy (non-hydrogen) atoms. The van der Waals surface area contributed by atoms with Gasteiger partial charge in [0.2, 0.25) is 0 Å². The molecule has 1 atom stereocenters. The Morgan fingerprint density at radius 2 is 2.13 bits per heavy atom. The van der Waals surface area contributed by atoms with Crippen LogP contribution in [0.4, 0.5) is 0 Å². The number of nitrogens with zero attached hydrogens (tertiary/aromatic N) is 2. The number of allylic oxidation sites excluding steroid dienone is 1. The van der Waals surface area contributed by atoms with Gasteiger partial charge < -0.3 is 14.3 Å². The van der Waals surface area contributed by atoms with Crippen LogP contribution >= 0.6 is 0 Å². The maximum Gasteiger partial charge on any atom is 0.337 e. The van der Waals surface area contributed by atoms with Crippen LogP contribution in [-0.2, 0) is 11.8 Å². The van der Waals surface area contributed by atoms with Crippen LogP contribution in [0, 0.1) is 0 Å². The number of aryl methyl sites for hydroxylation is 1. The van der Waals surface area contributed by atoms with Crippen LogP contribution < -0.4 is 0 Å². The number of nitrogens with one attached hydrogen (secondary N) is 1. The molecule has 1 N–H and O–H groups in total. The van der Waals surface area contributed by atoms with Crippen LogP contribution in [0.1, 0.15) is 73.3 Å². The summed E-state index contributed by atoms with van der Waals surface area (Å²) in [6.07, 6.45) is 9.01. The number of hydrogen-bond acceptors (Lipinski definition) is 3. The highest BCUT2D eigenvalue weighted by Gasteiger charge is 2.25. The van der Waals surface area contributed by atoms with Gasteiger partial charge in [-0.1, -0.05) is 39.0 Å². The highest BCUT2D eigenvalue weighted by molar-refractivity contribution is 5.98. The first kappa shape index (κ1) is 21.6. The minimum absolute atomic E-state index is 0.330. The van der Waals surface area contributed by atoms with Gasteiger partial charge in [0.1, 0.15) is 0 Å². The zero-order valence-electron chi connectivity index (χ0n) is 18.6. The Morgan fingerprint density at radius 3 is 2.73 bits per heavy atom. The Hall–Kier alpha value is -3.08. The third-order valence-electron chi connectivity index (χ3n) is 5.71. The summed E-state index contributed by atoms with van der Waals surface area (Å²) in [4.78, 5) is 20.4. The number of imidazole rings is 1. The smallest absolute Gasteiger partial charge is 0.337 e. The van der Waals surface area contributed by atoms with Gasteiger partial charge in [0.25, 0.3) is 0 Å². The zero-order chi connectivity index (χ0) is 21.8. The number of rotatable bonds is 8. The van der Waals surface area contributed by atoms with E-state index in [1.165, 1.54) is 12.7 Å². The van der Waals surface area contributed by atoms with E-state index >= 15 is 0 Å². The third kappa shape index (κ3) is 3.72. The summed E-state index contributed by atoms with van der Waals surface area (Å²) in [5.74, 6) is 0.894. The SMILES string of the molecule is C=Cc1nc(-c2c(C(CC)CCC)c3ccc(C(=O)OC)cc3n2C)[nH]c1/C=C\C. The van der Waals surface area contributed by atoms with Crippen molar-refractivity contribution in [3.8, 4) is 11.5 Å². The van der Waals surface area contributed by atoms with E-state index in [2.05, 4.69) is 30.0 Å². The largest absolute Gasteiger partial charge is 0.465 e. The first-order chi connectivity index (χ1) is 14.5. The van der Waals surface area contributed by atoms with Gasteiger partial charge in [-0.25, -0.2) is 9.78 Å². The van der Waals surface area contributed by atoms with E-state index in [9.17, 15) is 4.79 Å². The molecule has 158 valence electrons. The van der Waals surface area contributed by atoms with Gasteiger partial charge >= 0.3 is 5.97 Å². The second-order valence-electron chi connectivity index (χ2n) is 7.53. The number of hydrogen-bond donors (Lipinski definition) is 1. The molecule has 0 bridgehead atoms. The van der Waals surface area contributed by atoms with Crippen molar-refractivity contribution in [1.29, 1.82) is 0 Å². The number of aromatic amines is 1. The Bertz CT molecular complexity index is 1100. The normalized spacial score (nSPS) is 12.6. The van der Waals surface area contributed by atoms with Gasteiger partial charge in [0.05, 0.1) is 29.8 Å². The van der Waals surface area contributed by atoms with E-state index in [0.29, 0.717) is 11.5 Å². The molecule has 0 amide bonds. The van der Waals surface area contributed by atoms with Crippen molar-refractivity contribution >= 4 is 29.0 Å². The second-order valence-corrected chi connectivity index (χ2v) is 7.53. The molecule has 0 radical (unpaired) electrons. The highest BCUT2D eigenvalue weighted by Crippen LogP contribution is 2.40. The molecule has 0 aliphatic carbocycles. The molecule has 2 aromatic heterocycles. The van der Waals surface area contributed by atoms with Crippen molar-refractivity contribution < 1.29 is 9.53 Å². The lowest BCUT2D eigenvalue weighted by molar-refractivity contribution is 0.0601. The van der Waals surface area contributed by atoms with E-state index in [1.54, 1.807) is 6.08 Å². The van der Waals surface area contributed by atoms with Gasteiger partial charge in [0.15, 0.2) is 5.82 Å². The van der Waals surface area contributed by atoms with Crippen LogP contribution in [-0.4, -0.2) is 27.6 Å². The number of carbonyl (C=O) groups is 1. The van der Waals surface area contributed by atoms with Crippen molar-refractivity contribution in [3.63, 3.8) is 0 Å². The number of H-pyrrole nitrogens is 1. The fourth-order valence-electron chi connectivity index (χ4n) is 4.27. The first-order valence-electron chi connectivity index (χ1n) is 10.6. The summed E-state index contributed by atoms with van der Waals surface area (Å²) in [6.45, 7) is 10.3. The molecule has 3 aromatic rings. The Balaban J connectivity index is 2.34. The van der Waals surface area contributed by atoms with E-state index < -0.39 is 0 Å². The summed E-state index contributed by atoms with van der Waals surface area (Å²) in [5.41, 5.74) is 5.67. The number of fused-ring (bicyclic) bond motifs is 1. The van der Waals surface area contributed by atoms with Crippen molar-refractivity contribution in [2.45, 2.75) is 46.0 Å². The zero-order valence-corrected chi connectivity index (χ0v) is 18.6. The van der Waals surface area contributed by atoms with Crippen molar-refractivity contribution in [2.75, 3.05) is 7.11 Å². The molecule has 0 saturated carbocycles. The molecule has 3 rings (SSSR count). The predicted octanol–water partition coefficient (Wildman–Crippen LogP) is 6.32. The van der Waals surface area contributed by atoms with E-state index in [1.807, 2.05) is 44.3 Å². The Labute approximate surface area is 178 Å². The van der Waals surface area contributed by atoms with Crippen LogP contribution in [0.15, 0.2) is 30.9 Å². The average molecular weight is 406 g/mol. The summed E-state index contributed by atoms with van der Waals surface area (Å²) < 4.78 is 7.07. The summed E-state index contributed by atoms with van der Waals surface area (Å²) in [5, 5.41) is 1.16. The fraction of sp³-hybridized carbons (Fsp3) is 0.360. The van der Waals surface area contributed by atoms with Crippen LogP contribution in [0.25, 0.3) is 34.6 Å². The lowest BCUT2D eigenvalue weighted by Gasteiger charge is -2.16. The number of ether oxygens (including phenoxy) is 1. The number of aromatic nitrogens is 3.